The van der Waals surface area contributed by atoms with E-state index in [9.17, 15) is 9.59 Å². The van der Waals surface area contributed by atoms with E-state index < -0.39 is 5.92 Å². The van der Waals surface area contributed by atoms with Crippen LogP contribution in [-0.4, -0.2) is 30.4 Å². The second-order valence-electron chi connectivity index (χ2n) is 6.64. The zero-order chi connectivity index (χ0) is 18.3. The van der Waals surface area contributed by atoms with E-state index in [1.807, 2.05) is 53.4 Å². The van der Waals surface area contributed by atoms with Crippen molar-refractivity contribution in [2.24, 2.45) is 0 Å². The van der Waals surface area contributed by atoms with E-state index >= 15 is 0 Å². The van der Waals surface area contributed by atoms with Gasteiger partial charge in [-0.15, -0.1) is 0 Å². The predicted octanol–water partition coefficient (Wildman–Crippen LogP) is 3.60. The van der Waals surface area contributed by atoms with E-state index in [1.54, 1.807) is 0 Å². The van der Waals surface area contributed by atoms with E-state index in [0.717, 1.165) is 26.7 Å². The number of fused-ring (bicyclic) bond motifs is 1. The average Bonchev–Trinajstić information content (AvgIpc) is 2.95. The van der Waals surface area contributed by atoms with Crippen LogP contribution in [0.4, 0.5) is 0 Å². The van der Waals surface area contributed by atoms with Crippen molar-refractivity contribution in [1.29, 1.82) is 0 Å². The van der Waals surface area contributed by atoms with E-state index in [0.29, 0.717) is 25.1 Å². The maximum atomic E-state index is 13.1. The minimum absolute atomic E-state index is 0.0649. The summed E-state index contributed by atoms with van der Waals surface area (Å²) in [7, 11) is 1.37. The van der Waals surface area contributed by atoms with Crippen molar-refractivity contribution in [3.8, 4) is 0 Å². The second kappa shape index (κ2) is 6.72. The van der Waals surface area contributed by atoms with Gasteiger partial charge in [0.25, 0.3) is 5.91 Å². The summed E-state index contributed by atoms with van der Waals surface area (Å²) < 4.78 is 5.93. The average molecular weight is 412 g/mol. The standard InChI is InChI=1S/C21H18BrNO3/c1-26-21(25)19-17-10-16(22)8-7-14(17)9-15-12-23(20(24)18(15)19)11-13-5-3-2-4-6-13/h2-8,10,19H,9,11-12H2,1H3. The van der Waals surface area contributed by atoms with E-state index in [1.165, 1.54) is 7.11 Å². The number of carbonyl (C=O) groups excluding carboxylic acids is 2. The Bertz CT molecular complexity index is 920. The SMILES string of the molecule is COC(=O)C1C2=C(Cc3ccc(Br)cc31)CN(Cc1ccccc1)C2=O. The molecule has 1 aliphatic heterocycles. The lowest BCUT2D eigenvalue weighted by atomic mass is 9.79. The Morgan fingerprint density at radius 2 is 2.00 bits per heavy atom. The number of esters is 1. The van der Waals surface area contributed by atoms with Crippen LogP contribution in [0.25, 0.3) is 0 Å². The quantitative estimate of drug-likeness (QED) is 0.724. The Morgan fingerprint density at radius 3 is 2.73 bits per heavy atom. The maximum absolute atomic E-state index is 13.1. The van der Waals surface area contributed by atoms with Gasteiger partial charge in [0.05, 0.1) is 7.11 Å². The van der Waals surface area contributed by atoms with Gasteiger partial charge in [-0.1, -0.05) is 52.3 Å². The van der Waals surface area contributed by atoms with Crippen LogP contribution in [0.1, 0.15) is 22.6 Å². The summed E-state index contributed by atoms with van der Waals surface area (Å²) in [6.07, 6.45) is 0.697. The Hall–Kier alpha value is -2.40. The molecule has 132 valence electrons. The fourth-order valence-corrected chi connectivity index (χ4v) is 4.24. The molecule has 4 nitrogen and oxygen atoms in total. The highest BCUT2D eigenvalue weighted by molar-refractivity contribution is 9.10. The van der Waals surface area contributed by atoms with Gasteiger partial charge in [0.1, 0.15) is 5.92 Å². The first-order valence-electron chi connectivity index (χ1n) is 8.49. The molecule has 1 unspecified atom stereocenters. The number of methoxy groups -OCH3 is 1. The van der Waals surface area contributed by atoms with Crippen molar-refractivity contribution in [3.05, 3.63) is 80.8 Å². The summed E-state index contributed by atoms with van der Waals surface area (Å²) >= 11 is 3.47. The molecule has 0 bridgehead atoms. The first-order chi connectivity index (χ1) is 12.6. The van der Waals surface area contributed by atoms with Crippen molar-refractivity contribution in [3.63, 3.8) is 0 Å². The highest BCUT2D eigenvalue weighted by Crippen LogP contribution is 2.42. The summed E-state index contributed by atoms with van der Waals surface area (Å²) in [5.41, 5.74) is 4.64. The number of nitrogens with zero attached hydrogens (tertiary/aromatic N) is 1. The first-order valence-corrected chi connectivity index (χ1v) is 9.29. The highest BCUT2D eigenvalue weighted by Gasteiger charge is 2.43. The minimum atomic E-state index is -0.649. The van der Waals surface area contributed by atoms with Crippen LogP contribution in [0.2, 0.25) is 0 Å². The molecular weight excluding hydrogens is 394 g/mol. The molecule has 1 aliphatic carbocycles. The number of amides is 1. The number of hydrogen-bond acceptors (Lipinski definition) is 3. The summed E-state index contributed by atoms with van der Waals surface area (Å²) in [5, 5.41) is 0. The van der Waals surface area contributed by atoms with E-state index in [4.69, 9.17) is 4.74 Å². The summed E-state index contributed by atoms with van der Waals surface area (Å²) in [4.78, 5) is 27.5. The summed E-state index contributed by atoms with van der Waals surface area (Å²) in [5.74, 6) is -1.10. The van der Waals surface area contributed by atoms with Gasteiger partial charge >= 0.3 is 5.97 Å². The lowest BCUT2D eigenvalue weighted by Gasteiger charge is -2.25. The van der Waals surface area contributed by atoms with Crippen LogP contribution in [0, 0.1) is 0 Å². The van der Waals surface area contributed by atoms with Crippen molar-refractivity contribution >= 4 is 27.8 Å². The van der Waals surface area contributed by atoms with Gasteiger partial charge in [-0.2, -0.15) is 0 Å². The van der Waals surface area contributed by atoms with Crippen LogP contribution in [0.15, 0.2) is 64.1 Å². The molecule has 0 spiro atoms. The van der Waals surface area contributed by atoms with Gasteiger partial charge in [-0.25, -0.2) is 0 Å². The number of halogens is 1. The fourth-order valence-electron chi connectivity index (χ4n) is 3.86. The lowest BCUT2D eigenvalue weighted by molar-refractivity contribution is -0.142. The van der Waals surface area contributed by atoms with Gasteiger partial charge < -0.3 is 9.64 Å². The molecule has 26 heavy (non-hydrogen) atoms. The maximum Gasteiger partial charge on any atom is 0.317 e. The molecule has 0 radical (unpaired) electrons. The van der Waals surface area contributed by atoms with Gasteiger partial charge in [-0.3, -0.25) is 9.59 Å². The van der Waals surface area contributed by atoms with Crippen molar-refractivity contribution in [1.82, 2.24) is 4.90 Å². The second-order valence-corrected chi connectivity index (χ2v) is 7.56. The molecule has 0 aromatic heterocycles. The molecule has 2 aromatic carbocycles. The summed E-state index contributed by atoms with van der Waals surface area (Å²) in [6, 6.07) is 15.8. The van der Waals surface area contributed by atoms with E-state index in [2.05, 4.69) is 15.9 Å². The van der Waals surface area contributed by atoms with Gasteiger partial charge in [0, 0.05) is 23.1 Å². The van der Waals surface area contributed by atoms with Gasteiger partial charge in [0.2, 0.25) is 0 Å². The minimum Gasteiger partial charge on any atom is -0.468 e. The molecule has 2 aromatic rings. The number of hydrogen-bond donors (Lipinski definition) is 0. The molecule has 0 saturated carbocycles. The molecule has 5 heteroatoms. The van der Waals surface area contributed by atoms with Crippen LogP contribution in [-0.2, 0) is 27.3 Å². The van der Waals surface area contributed by atoms with Crippen LogP contribution in [0.3, 0.4) is 0 Å². The summed E-state index contributed by atoms with van der Waals surface area (Å²) in [6.45, 7) is 1.10. The third-order valence-electron chi connectivity index (χ3n) is 5.04. The number of benzene rings is 2. The molecule has 2 aliphatic rings. The normalized spacial score (nSPS) is 18.6. The molecule has 4 rings (SSSR count). The van der Waals surface area contributed by atoms with Gasteiger partial charge in [0.15, 0.2) is 0 Å². The monoisotopic (exact) mass is 411 g/mol. The van der Waals surface area contributed by atoms with Gasteiger partial charge in [-0.05, 0) is 40.8 Å². The molecule has 1 heterocycles. The fraction of sp³-hybridized carbons (Fsp3) is 0.238. The molecule has 0 saturated heterocycles. The third kappa shape index (κ3) is 2.86. The Labute approximate surface area is 160 Å². The van der Waals surface area contributed by atoms with Crippen LogP contribution in [0.5, 0.6) is 0 Å². The van der Waals surface area contributed by atoms with Crippen molar-refractivity contribution < 1.29 is 14.3 Å². The zero-order valence-corrected chi connectivity index (χ0v) is 16.0. The van der Waals surface area contributed by atoms with Crippen molar-refractivity contribution in [2.75, 3.05) is 13.7 Å². The topological polar surface area (TPSA) is 46.6 Å². The smallest absolute Gasteiger partial charge is 0.317 e. The van der Waals surface area contributed by atoms with Crippen LogP contribution < -0.4 is 0 Å². The molecule has 0 N–H and O–H groups in total. The highest BCUT2D eigenvalue weighted by atomic mass is 79.9. The Kier molecular flexibility index (Phi) is 4.41. The number of ether oxygens (including phenoxy) is 1. The van der Waals surface area contributed by atoms with Crippen LogP contribution >= 0.6 is 15.9 Å². The largest absolute Gasteiger partial charge is 0.468 e. The Morgan fingerprint density at radius 1 is 1.23 bits per heavy atom. The first kappa shape index (κ1) is 17.0. The lowest BCUT2D eigenvalue weighted by Crippen LogP contribution is -2.30. The molecule has 1 amide bonds. The Balaban J connectivity index is 1.70. The molecular formula is C21H18BrNO3. The van der Waals surface area contributed by atoms with E-state index in [-0.39, 0.29) is 11.9 Å². The third-order valence-corrected chi connectivity index (χ3v) is 5.54. The number of rotatable bonds is 3. The van der Waals surface area contributed by atoms with Crippen molar-refractivity contribution in [2.45, 2.75) is 18.9 Å². The molecule has 1 atom stereocenters. The predicted molar refractivity (Wildman–Crippen MR) is 101 cm³/mol. The zero-order valence-electron chi connectivity index (χ0n) is 14.4. The number of carbonyl (C=O) groups is 2. The molecule has 0 fully saturated rings.